The molecule has 12 aromatic rings. The molecule has 0 fully saturated rings. The van der Waals surface area contributed by atoms with E-state index < -0.39 is 28.5 Å². The minimum atomic E-state index is -1.42. The van der Waals surface area contributed by atoms with Gasteiger partial charge in [-0.25, -0.2) is 0 Å². The highest BCUT2D eigenvalue weighted by molar-refractivity contribution is 6.62. The summed E-state index contributed by atoms with van der Waals surface area (Å²) in [6.45, 7) is 0. The molecule has 0 heterocycles. The summed E-state index contributed by atoms with van der Waals surface area (Å²) in [5.74, 6) is 1.26. The van der Waals surface area contributed by atoms with E-state index in [-0.39, 0.29) is 0 Å². The van der Waals surface area contributed by atoms with Crippen LogP contribution < -0.4 is 31.2 Å². The summed E-state index contributed by atoms with van der Waals surface area (Å²) in [7, 11) is -4.18. The van der Waals surface area contributed by atoms with Gasteiger partial charge in [-0.2, -0.15) is 0 Å². The van der Waals surface area contributed by atoms with Crippen LogP contribution in [0.4, 0.5) is 0 Å². The van der Waals surface area contributed by atoms with Gasteiger partial charge in [-0.1, -0.05) is 279 Å². The van der Waals surface area contributed by atoms with Crippen molar-refractivity contribution in [2.45, 2.75) is 0 Å². The minimum absolute atomic E-state index is 0.500. The van der Waals surface area contributed by atoms with Crippen LogP contribution in [0.1, 0.15) is 0 Å². The summed E-state index contributed by atoms with van der Waals surface area (Å²) in [6, 6.07) is 95.9. The van der Waals surface area contributed by atoms with Gasteiger partial charge in [-0.05, 0) is 112 Å². The van der Waals surface area contributed by atoms with E-state index in [1.807, 2.05) is 206 Å². The second kappa shape index (κ2) is 34.5. The largest absolute Gasteiger partial charge is 0.569 e. The summed E-state index contributed by atoms with van der Waals surface area (Å²) in [6.07, 6.45) is 0. The van der Waals surface area contributed by atoms with Gasteiger partial charge in [0.15, 0.2) is 0 Å². The van der Waals surface area contributed by atoms with Crippen LogP contribution >= 0.6 is 0 Å². The van der Waals surface area contributed by atoms with Gasteiger partial charge >= 0.3 is 43.8 Å². The van der Waals surface area contributed by atoms with Gasteiger partial charge < -0.3 is 59.5 Å². The standard InChI is InChI=1S/C18H15BO2.C12H10BO2.C12H11BO2.C10H9BO2.C10H8BO2.C6H7BO2/c20-19(21)18-12-10-17(11-13-18)16-8-6-15(7-9-16)14-4-2-1-3-5-14;14-13-15-12-8-4-7-11(9-12)10-5-2-1-3-6-10;14-13(15)12-8-6-11(7-9-12)10-4-2-1-3-5-10;12-11(13)10-7-3-5-8-4-1-2-6-9(8)10;12-11-13-10-6-5-8-3-1-2-4-9(8)7-10;8-7(9)6-4-2-1-3-5-6/h1-13,20-21H;1-9,14H;1-9,14-15H;1-7,12-13H;1-7,12H;1-5,8-9H. The first kappa shape index (κ1) is 64.3. The average molecular weight is 1130 g/mol. The van der Waals surface area contributed by atoms with E-state index in [2.05, 4.69) is 36.4 Å². The van der Waals surface area contributed by atoms with Crippen molar-refractivity contribution in [3.63, 3.8) is 0 Å². The van der Waals surface area contributed by atoms with Gasteiger partial charge in [0.05, 0.1) is 0 Å². The molecule has 0 saturated carbocycles. The van der Waals surface area contributed by atoms with Crippen molar-refractivity contribution in [2.24, 2.45) is 0 Å². The Labute approximate surface area is 503 Å². The second-order valence-electron chi connectivity index (χ2n) is 18.9. The van der Waals surface area contributed by atoms with Gasteiger partial charge in [0.2, 0.25) is 0 Å². The van der Waals surface area contributed by atoms with Gasteiger partial charge in [0.25, 0.3) is 0 Å². The molecule has 12 aromatic carbocycles. The summed E-state index contributed by atoms with van der Waals surface area (Å²) >= 11 is 0. The molecule has 12 nitrogen and oxygen atoms in total. The fraction of sp³-hybridized carbons (Fsp3) is 0. The Balaban J connectivity index is 0.000000150. The highest BCUT2D eigenvalue weighted by Gasteiger charge is 2.14. The van der Waals surface area contributed by atoms with E-state index in [0.717, 1.165) is 54.9 Å². The third-order valence-corrected chi connectivity index (χ3v) is 13.1. The number of hydrogen-bond acceptors (Lipinski definition) is 12. The van der Waals surface area contributed by atoms with Gasteiger partial charge in [-0.3, -0.25) is 0 Å². The molecular formula is C68H60B6O12. The van der Waals surface area contributed by atoms with Crippen LogP contribution in [0.25, 0.3) is 66.1 Å². The van der Waals surface area contributed by atoms with E-state index in [4.69, 9.17) is 59.5 Å². The molecule has 0 aliphatic rings. The minimum Gasteiger partial charge on any atom is -0.537 e. The van der Waals surface area contributed by atoms with Crippen molar-refractivity contribution in [2.75, 3.05) is 0 Å². The summed E-state index contributed by atoms with van der Waals surface area (Å²) in [4.78, 5) is 0. The lowest BCUT2D eigenvalue weighted by Crippen LogP contribution is -2.30. The third kappa shape index (κ3) is 20.2. The van der Waals surface area contributed by atoms with E-state index >= 15 is 0 Å². The Hall–Kier alpha value is -9.25. The van der Waals surface area contributed by atoms with Gasteiger partial charge in [-0.15, -0.1) is 0 Å². The average Bonchev–Trinajstić information content (AvgIpc) is 3.77. The van der Waals surface area contributed by atoms with Crippen LogP contribution in [-0.4, -0.2) is 94.1 Å². The summed E-state index contributed by atoms with van der Waals surface area (Å²) < 4.78 is 9.74. The van der Waals surface area contributed by atoms with E-state index in [0.29, 0.717) is 48.7 Å². The van der Waals surface area contributed by atoms with Crippen LogP contribution in [-0.2, 0) is 0 Å². The number of rotatable bonds is 12. The van der Waals surface area contributed by atoms with Gasteiger partial charge in [0, 0.05) is 0 Å². The van der Waals surface area contributed by atoms with Crippen LogP contribution in [0.15, 0.2) is 303 Å². The fourth-order valence-electron chi connectivity index (χ4n) is 8.65. The Bertz CT molecular complexity index is 3850. The maximum absolute atomic E-state index is 9.10. The Morgan fingerprint density at radius 2 is 0.558 bits per heavy atom. The highest BCUT2D eigenvalue weighted by Crippen LogP contribution is 2.26. The topological polar surface area (TPSA) is 221 Å². The molecule has 0 spiro atoms. The second-order valence-corrected chi connectivity index (χ2v) is 18.9. The molecule has 2 radical (unpaired) electrons. The first-order valence-electron chi connectivity index (χ1n) is 27.2. The quantitative estimate of drug-likeness (QED) is 0.0534. The number of hydrogen-bond donors (Lipinski definition) is 10. The third-order valence-electron chi connectivity index (χ3n) is 13.1. The SMILES string of the molecule is OB(O)c1ccc(-c2ccc(-c3ccccc3)cc2)cc1.OB(O)c1ccc(-c2ccccc2)cc1.OB(O)c1cccc2ccccc12.OB(O)c1ccccc1.O[B]Oc1ccc2ccccc2c1.O[B]Oc1cccc(-c2ccccc2)c1. The molecule has 0 aliphatic carbocycles. The highest BCUT2D eigenvalue weighted by atomic mass is 16.5. The zero-order valence-electron chi connectivity index (χ0n) is 46.6. The van der Waals surface area contributed by atoms with Crippen LogP contribution in [0, 0.1) is 0 Å². The lowest BCUT2D eigenvalue weighted by molar-refractivity contribution is 0.424. The summed E-state index contributed by atoms with van der Waals surface area (Å²) in [5.41, 5.74) is 11.0. The number of benzene rings is 12. The number of fused-ring (bicyclic) bond motifs is 2. The van der Waals surface area contributed by atoms with Gasteiger partial charge in [0.1, 0.15) is 11.5 Å². The molecule has 0 unspecified atom stereocenters. The molecule has 0 saturated heterocycles. The molecule has 86 heavy (non-hydrogen) atoms. The first-order chi connectivity index (χ1) is 41.9. The van der Waals surface area contributed by atoms with Crippen molar-refractivity contribution in [3.05, 3.63) is 303 Å². The molecular weight excluding hydrogens is 1070 g/mol. The van der Waals surface area contributed by atoms with E-state index in [9.17, 15) is 0 Å². The molecule has 10 N–H and O–H groups in total. The predicted molar refractivity (Wildman–Crippen MR) is 352 cm³/mol. The lowest BCUT2D eigenvalue weighted by atomic mass is 9.77. The van der Waals surface area contributed by atoms with Crippen molar-refractivity contribution >= 4 is 87.2 Å². The Morgan fingerprint density at radius 1 is 0.233 bits per heavy atom. The van der Waals surface area contributed by atoms with Crippen molar-refractivity contribution in [3.8, 4) is 56.0 Å². The van der Waals surface area contributed by atoms with Crippen molar-refractivity contribution in [1.82, 2.24) is 0 Å². The normalized spacial score (nSPS) is 9.98. The molecule has 422 valence electrons. The monoisotopic (exact) mass is 1130 g/mol. The zero-order valence-corrected chi connectivity index (χ0v) is 46.6. The zero-order chi connectivity index (χ0) is 60.9. The van der Waals surface area contributed by atoms with E-state index in [1.54, 1.807) is 60.7 Å². The molecule has 0 bridgehead atoms. The first-order valence-corrected chi connectivity index (χ1v) is 27.2. The van der Waals surface area contributed by atoms with Crippen molar-refractivity contribution in [1.29, 1.82) is 0 Å². The lowest BCUT2D eigenvalue weighted by Gasteiger charge is -2.06. The fourth-order valence-corrected chi connectivity index (χ4v) is 8.65. The molecule has 0 atom stereocenters. The molecule has 0 aromatic heterocycles. The summed E-state index contributed by atoms with van der Waals surface area (Å²) in [5, 5.41) is 92.5. The maximum atomic E-state index is 9.10. The molecule has 12 rings (SSSR count). The molecule has 18 heteroatoms. The van der Waals surface area contributed by atoms with Crippen molar-refractivity contribution < 1.29 is 59.5 Å². The predicted octanol–water partition coefficient (Wildman–Crippen LogP) is 7.62. The van der Waals surface area contributed by atoms with Crippen LogP contribution in [0.2, 0.25) is 0 Å². The Morgan fingerprint density at radius 3 is 0.988 bits per heavy atom. The Kier molecular flexibility index (Phi) is 25.8. The van der Waals surface area contributed by atoms with E-state index in [1.165, 1.54) is 11.1 Å². The molecule has 0 aliphatic heterocycles. The smallest absolute Gasteiger partial charge is 0.537 e. The van der Waals surface area contributed by atoms with Crippen LogP contribution in [0.3, 0.4) is 0 Å². The maximum Gasteiger partial charge on any atom is 0.569 e. The molecule has 0 amide bonds. The van der Waals surface area contributed by atoms with Crippen LogP contribution in [0.5, 0.6) is 11.5 Å².